The first kappa shape index (κ1) is 28.2. The summed E-state index contributed by atoms with van der Waals surface area (Å²) in [5.41, 5.74) is 7.52. The zero-order valence-electron chi connectivity index (χ0n) is 27.2. The molecular weight excluding hydrogens is 643 g/mol. The zero-order valence-corrected chi connectivity index (χ0v) is 28.0. The van der Waals surface area contributed by atoms with E-state index in [1.54, 1.807) is 11.3 Å². The summed E-state index contributed by atoms with van der Waals surface area (Å²) in [6.45, 7) is 0. The fourth-order valence-electron chi connectivity index (χ4n) is 7.81. The lowest BCUT2D eigenvalue weighted by atomic mass is 10.1. The maximum absolute atomic E-state index is 5.33. The highest BCUT2D eigenvalue weighted by molar-refractivity contribution is 7.26. The molecule has 4 heterocycles. The molecular formula is C45H27N5S. The molecule has 0 fully saturated rings. The molecule has 4 aromatic heterocycles. The summed E-state index contributed by atoms with van der Waals surface area (Å²) in [6, 6.07) is 57.7. The van der Waals surface area contributed by atoms with Crippen molar-refractivity contribution in [3.05, 3.63) is 164 Å². The summed E-state index contributed by atoms with van der Waals surface area (Å²) in [5.74, 6) is 1.89. The quantitative estimate of drug-likeness (QED) is 0.187. The van der Waals surface area contributed by atoms with E-state index in [0.717, 1.165) is 38.8 Å². The van der Waals surface area contributed by atoms with Gasteiger partial charge in [0, 0.05) is 58.5 Å². The van der Waals surface area contributed by atoms with Crippen LogP contribution in [0.1, 0.15) is 0 Å². The van der Waals surface area contributed by atoms with Gasteiger partial charge in [-0.25, -0.2) is 4.98 Å². The van der Waals surface area contributed by atoms with E-state index in [9.17, 15) is 0 Å². The molecule has 51 heavy (non-hydrogen) atoms. The lowest BCUT2D eigenvalue weighted by Crippen LogP contribution is -2.06. The first-order valence-electron chi connectivity index (χ1n) is 17.0. The first-order chi connectivity index (χ1) is 25.3. The second kappa shape index (κ2) is 10.9. The van der Waals surface area contributed by atoms with E-state index in [0.29, 0.717) is 17.6 Å². The number of benzene rings is 7. The molecule has 0 spiro atoms. The average molecular weight is 670 g/mol. The van der Waals surface area contributed by atoms with Crippen molar-refractivity contribution in [2.24, 2.45) is 0 Å². The van der Waals surface area contributed by atoms with Crippen LogP contribution in [0, 0.1) is 0 Å². The maximum Gasteiger partial charge on any atom is 0.238 e. The van der Waals surface area contributed by atoms with Gasteiger partial charge in [-0.15, -0.1) is 11.3 Å². The Hall–Kier alpha value is -6.63. The lowest BCUT2D eigenvalue weighted by Gasteiger charge is -2.11. The maximum atomic E-state index is 5.33. The van der Waals surface area contributed by atoms with Crippen LogP contribution in [-0.2, 0) is 0 Å². The van der Waals surface area contributed by atoms with Gasteiger partial charge in [-0.05, 0) is 48.5 Å². The van der Waals surface area contributed by atoms with Gasteiger partial charge in [0.05, 0.1) is 22.1 Å². The number of aromatic nitrogens is 5. The van der Waals surface area contributed by atoms with E-state index in [-0.39, 0.29) is 0 Å². The summed E-state index contributed by atoms with van der Waals surface area (Å²) in [7, 11) is 0. The molecule has 11 rings (SSSR count). The number of thiophene rings is 1. The van der Waals surface area contributed by atoms with Crippen LogP contribution in [0.4, 0.5) is 0 Å². The normalized spacial score (nSPS) is 11.9. The van der Waals surface area contributed by atoms with Crippen LogP contribution in [0.5, 0.6) is 0 Å². The number of rotatable bonds is 4. The van der Waals surface area contributed by atoms with Crippen LogP contribution in [0.25, 0.3) is 98.2 Å². The van der Waals surface area contributed by atoms with Crippen LogP contribution < -0.4 is 0 Å². The molecule has 6 heteroatoms. The number of fused-ring (bicyclic) bond motifs is 10. The Morgan fingerprint density at radius 1 is 0.392 bits per heavy atom. The second-order valence-corrected chi connectivity index (χ2v) is 13.9. The summed E-state index contributed by atoms with van der Waals surface area (Å²) in [4.78, 5) is 15.7. The molecule has 0 N–H and O–H groups in total. The molecule has 0 atom stereocenters. The monoisotopic (exact) mass is 669 g/mol. The van der Waals surface area contributed by atoms with Crippen molar-refractivity contribution in [2.75, 3.05) is 0 Å². The fourth-order valence-corrected chi connectivity index (χ4v) is 9.03. The van der Waals surface area contributed by atoms with E-state index in [2.05, 4.69) is 155 Å². The van der Waals surface area contributed by atoms with Gasteiger partial charge in [0.15, 0.2) is 11.6 Å². The standard InChI is InChI=1S/C45H27N5S/c1-3-14-28(15-4-1)43-46-44(34-22-13-21-31-30-18-9-12-25-39(30)51-42(31)34)48-45(47-43)50-36-24-11-8-20-33(36)41-38(50)27-26-37-40(41)32-19-7-10-23-35(32)49(37)29-16-5-2-6-17-29/h1-27H. The van der Waals surface area contributed by atoms with Crippen LogP contribution in [0.3, 0.4) is 0 Å². The summed E-state index contributed by atoms with van der Waals surface area (Å²) < 4.78 is 7.02. The number of hydrogen-bond donors (Lipinski definition) is 0. The van der Waals surface area contributed by atoms with Gasteiger partial charge in [-0.3, -0.25) is 4.57 Å². The third kappa shape index (κ3) is 4.17. The second-order valence-electron chi connectivity index (χ2n) is 12.8. The van der Waals surface area contributed by atoms with E-state index in [4.69, 9.17) is 15.0 Å². The van der Waals surface area contributed by atoms with Gasteiger partial charge in [0.2, 0.25) is 5.95 Å². The van der Waals surface area contributed by atoms with Crippen molar-refractivity contribution in [2.45, 2.75) is 0 Å². The summed E-state index contributed by atoms with van der Waals surface area (Å²) >= 11 is 1.79. The number of hydrogen-bond acceptors (Lipinski definition) is 4. The number of nitrogens with zero attached hydrogens (tertiary/aromatic N) is 5. The van der Waals surface area contributed by atoms with Crippen LogP contribution >= 0.6 is 11.3 Å². The van der Waals surface area contributed by atoms with E-state index < -0.39 is 0 Å². The van der Waals surface area contributed by atoms with E-state index >= 15 is 0 Å². The molecule has 5 nitrogen and oxygen atoms in total. The van der Waals surface area contributed by atoms with Crippen LogP contribution in [0.2, 0.25) is 0 Å². The smallest absolute Gasteiger partial charge is 0.238 e. The van der Waals surface area contributed by atoms with Crippen LogP contribution in [0.15, 0.2) is 164 Å². The topological polar surface area (TPSA) is 48.5 Å². The summed E-state index contributed by atoms with van der Waals surface area (Å²) in [6.07, 6.45) is 0. The van der Waals surface area contributed by atoms with E-state index in [1.807, 2.05) is 18.2 Å². The minimum absolute atomic E-state index is 0.592. The first-order valence-corrected chi connectivity index (χ1v) is 17.9. The van der Waals surface area contributed by atoms with Crippen molar-refractivity contribution in [3.63, 3.8) is 0 Å². The highest BCUT2D eigenvalue weighted by Gasteiger charge is 2.23. The van der Waals surface area contributed by atoms with Gasteiger partial charge in [0.25, 0.3) is 0 Å². The highest BCUT2D eigenvalue weighted by atomic mass is 32.1. The predicted molar refractivity (Wildman–Crippen MR) is 212 cm³/mol. The van der Waals surface area contributed by atoms with Gasteiger partial charge in [-0.1, -0.05) is 115 Å². The third-order valence-corrected chi connectivity index (χ3v) is 11.2. The molecule has 0 unspecified atom stereocenters. The Bertz CT molecular complexity index is 3140. The van der Waals surface area contributed by atoms with Crippen molar-refractivity contribution < 1.29 is 0 Å². The molecule has 7 aromatic carbocycles. The van der Waals surface area contributed by atoms with Crippen molar-refractivity contribution >= 4 is 75.1 Å². The Labute approximate surface area is 296 Å². The number of para-hydroxylation sites is 3. The highest BCUT2D eigenvalue weighted by Crippen LogP contribution is 2.43. The van der Waals surface area contributed by atoms with Gasteiger partial charge in [-0.2, -0.15) is 9.97 Å². The SMILES string of the molecule is c1ccc(-c2nc(-c3cccc4c3sc3ccccc34)nc(-n3c4ccccc4c4c5c6ccccc6n(-c6ccccc6)c5ccc43)n2)cc1. The molecule has 238 valence electrons. The van der Waals surface area contributed by atoms with Crippen molar-refractivity contribution in [1.82, 2.24) is 24.1 Å². The molecule has 0 aliphatic rings. The molecule has 0 aliphatic heterocycles. The Morgan fingerprint density at radius 2 is 0.961 bits per heavy atom. The largest absolute Gasteiger partial charge is 0.309 e. The summed E-state index contributed by atoms with van der Waals surface area (Å²) in [5, 5.41) is 7.23. The molecule has 0 saturated heterocycles. The van der Waals surface area contributed by atoms with Crippen LogP contribution in [-0.4, -0.2) is 24.1 Å². The molecule has 0 bridgehead atoms. The van der Waals surface area contributed by atoms with Crippen molar-refractivity contribution in [3.8, 4) is 34.4 Å². The molecule has 11 aromatic rings. The Kier molecular flexibility index (Phi) is 6.05. The Balaban J connectivity index is 1.25. The lowest BCUT2D eigenvalue weighted by molar-refractivity contribution is 0.954. The zero-order chi connectivity index (χ0) is 33.5. The van der Waals surface area contributed by atoms with E-state index in [1.165, 1.54) is 41.8 Å². The van der Waals surface area contributed by atoms with Gasteiger partial charge < -0.3 is 4.57 Å². The average Bonchev–Trinajstić information content (AvgIpc) is 3.86. The van der Waals surface area contributed by atoms with Crippen molar-refractivity contribution in [1.29, 1.82) is 0 Å². The predicted octanol–water partition coefficient (Wildman–Crippen LogP) is 11.8. The fraction of sp³-hybridized carbons (Fsp3) is 0. The molecule has 0 aliphatic carbocycles. The minimum Gasteiger partial charge on any atom is -0.309 e. The minimum atomic E-state index is 0.592. The molecule has 0 amide bonds. The molecule has 0 radical (unpaired) electrons. The third-order valence-electron chi connectivity index (χ3n) is 9.99. The molecule has 0 saturated carbocycles. The van der Waals surface area contributed by atoms with Gasteiger partial charge in [0.1, 0.15) is 0 Å². The van der Waals surface area contributed by atoms with Gasteiger partial charge >= 0.3 is 0 Å². The Morgan fingerprint density at radius 3 is 1.71 bits per heavy atom.